The van der Waals surface area contributed by atoms with E-state index >= 15 is 0 Å². The second-order valence-corrected chi connectivity index (χ2v) is 5.19. The van der Waals surface area contributed by atoms with Gasteiger partial charge in [-0.1, -0.05) is 37.3 Å². The number of pyridine rings is 1. The summed E-state index contributed by atoms with van der Waals surface area (Å²) < 4.78 is 5.79. The van der Waals surface area contributed by atoms with Crippen molar-refractivity contribution in [3.8, 4) is 0 Å². The number of aromatic nitrogens is 1. The lowest BCUT2D eigenvalue weighted by Crippen LogP contribution is -2.38. The second kappa shape index (κ2) is 8.55. The Labute approximate surface area is 127 Å². The maximum atomic E-state index is 5.79. The van der Waals surface area contributed by atoms with Crippen molar-refractivity contribution in [3.63, 3.8) is 0 Å². The van der Waals surface area contributed by atoms with Crippen molar-refractivity contribution >= 4 is 0 Å². The lowest BCUT2D eigenvalue weighted by molar-refractivity contribution is 0.0678. The molecule has 0 amide bonds. The minimum Gasteiger partial charge on any atom is -0.375 e. The molecule has 0 aliphatic carbocycles. The first-order valence-corrected chi connectivity index (χ1v) is 7.55. The van der Waals surface area contributed by atoms with Crippen molar-refractivity contribution in [1.29, 1.82) is 0 Å². The third-order valence-electron chi connectivity index (χ3n) is 3.61. The van der Waals surface area contributed by atoms with Gasteiger partial charge in [0.05, 0.1) is 6.10 Å². The van der Waals surface area contributed by atoms with Crippen LogP contribution in [-0.4, -0.2) is 24.7 Å². The highest BCUT2D eigenvalue weighted by atomic mass is 16.5. The molecule has 112 valence electrons. The number of nitrogens with zero attached hydrogens (tertiary/aromatic N) is 1. The van der Waals surface area contributed by atoms with Gasteiger partial charge in [0.1, 0.15) is 0 Å². The first kappa shape index (κ1) is 15.7. The molecule has 2 atom stereocenters. The molecule has 0 saturated carbocycles. The van der Waals surface area contributed by atoms with Gasteiger partial charge in [0.2, 0.25) is 0 Å². The molecule has 3 heteroatoms. The molecule has 0 aliphatic rings. The van der Waals surface area contributed by atoms with E-state index in [1.807, 2.05) is 18.5 Å². The van der Waals surface area contributed by atoms with Gasteiger partial charge in [0.15, 0.2) is 0 Å². The SMILES string of the molecule is CCCNC(Cc1ccncc1)C(OC)c1ccccc1. The van der Waals surface area contributed by atoms with Crippen LogP contribution in [0.2, 0.25) is 0 Å². The molecule has 3 nitrogen and oxygen atoms in total. The van der Waals surface area contributed by atoms with E-state index in [0.29, 0.717) is 0 Å². The Hall–Kier alpha value is -1.71. The van der Waals surface area contributed by atoms with Crippen LogP contribution in [0.5, 0.6) is 0 Å². The van der Waals surface area contributed by atoms with Gasteiger partial charge in [0, 0.05) is 25.5 Å². The molecular formula is C18H24N2O. The van der Waals surface area contributed by atoms with Crippen LogP contribution in [0.15, 0.2) is 54.9 Å². The summed E-state index contributed by atoms with van der Waals surface area (Å²) in [6, 6.07) is 14.8. The maximum absolute atomic E-state index is 5.79. The van der Waals surface area contributed by atoms with Crippen molar-refractivity contribution in [3.05, 3.63) is 66.0 Å². The summed E-state index contributed by atoms with van der Waals surface area (Å²) in [5.74, 6) is 0. The number of hydrogen-bond acceptors (Lipinski definition) is 3. The molecule has 0 saturated heterocycles. The summed E-state index contributed by atoms with van der Waals surface area (Å²) in [5.41, 5.74) is 2.49. The summed E-state index contributed by atoms with van der Waals surface area (Å²) in [4.78, 5) is 4.09. The van der Waals surface area contributed by atoms with E-state index < -0.39 is 0 Å². The predicted molar refractivity (Wildman–Crippen MR) is 86.2 cm³/mol. The topological polar surface area (TPSA) is 34.2 Å². The van der Waals surface area contributed by atoms with Crippen molar-refractivity contribution in [2.75, 3.05) is 13.7 Å². The molecule has 0 bridgehead atoms. The Bertz CT molecular complexity index is 501. The quantitative estimate of drug-likeness (QED) is 0.807. The number of ether oxygens (including phenoxy) is 1. The zero-order valence-corrected chi connectivity index (χ0v) is 12.8. The highest BCUT2D eigenvalue weighted by Gasteiger charge is 2.22. The fourth-order valence-corrected chi connectivity index (χ4v) is 2.56. The number of methoxy groups -OCH3 is 1. The molecule has 2 unspecified atom stereocenters. The van der Waals surface area contributed by atoms with E-state index in [9.17, 15) is 0 Å². The highest BCUT2D eigenvalue weighted by Crippen LogP contribution is 2.23. The van der Waals surface area contributed by atoms with Gasteiger partial charge < -0.3 is 10.1 Å². The van der Waals surface area contributed by atoms with Gasteiger partial charge >= 0.3 is 0 Å². The van der Waals surface area contributed by atoms with Crippen molar-refractivity contribution in [1.82, 2.24) is 10.3 Å². The fraction of sp³-hybridized carbons (Fsp3) is 0.389. The zero-order valence-electron chi connectivity index (χ0n) is 12.8. The summed E-state index contributed by atoms with van der Waals surface area (Å²) in [6.45, 7) is 3.17. The summed E-state index contributed by atoms with van der Waals surface area (Å²) in [6.07, 6.45) is 5.77. The average molecular weight is 284 g/mol. The smallest absolute Gasteiger partial charge is 0.0977 e. The largest absolute Gasteiger partial charge is 0.375 e. The molecule has 1 aromatic heterocycles. The number of hydrogen-bond donors (Lipinski definition) is 1. The standard InChI is InChI=1S/C18H24N2O/c1-3-11-20-17(14-15-9-12-19-13-10-15)18(21-2)16-7-5-4-6-8-16/h4-10,12-13,17-18,20H,3,11,14H2,1-2H3. The minimum absolute atomic E-state index is 0.0471. The van der Waals surface area contributed by atoms with Gasteiger partial charge in [-0.2, -0.15) is 0 Å². The number of rotatable bonds is 8. The Kier molecular flexibility index (Phi) is 6.38. The summed E-state index contributed by atoms with van der Waals surface area (Å²) in [7, 11) is 1.78. The Morgan fingerprint density at radius 2 is 1.81 bits per heavy atom. The Morgan fingerprint density at radius 3 is 2.43 bits per heavy atom. The molecule has 0 radical (unpaired) electrons. The van der Waals surface area contributed by atoms with Gasteiger partial charge in [0.25, 0.3) is 0 Å². The predicted octanol–water partition coefficient (Wildman–Crippen LogP) is 3.38. The molecule has 1 aromatic carbocycles. The first-order chi connectivity index (χ1) is 10.3. The summed E-state index contributed by atoms with van der Waals surface area (Å²) in [5, 5.41) is 3.62. The fourth-order valence-electron chi connectivity index (χ4n) is 2.56. The molecule has 1 heterocycles. The molecule has 2 aromatic rings. The minimum atomic E-state index is 0.0471. The number of benzene rings is 1. The van der Waals surface area contributed by atoms with Gasteiger partial charge in [-0.3, -0.25) is 4.98 Å². The molecule has 0 aliphatic heterocycles. The molecule has 21 heavy (non-hydrogen) atoms. The normalized spacial score (nSPS) is 13.8. The third kappa shape index (κ3) is 4.66. The maximum Gasteiger partial charge on any atom is 0.0977 e. The van der Waals surface area contributed by atoms with Crippen molar-refractivity contribution in [2.45, 2.75) is 31.9 Å². The van der Waals surface area contributed by atoms with E-state index in [-0.39, 0.29) is 12.1 Å². The van der Waals surface area contributed by atoms with Crippen LogP contribution in [0, 0.1) is 0 Å². The molecule has 0 fully saturated rings. The summed E-state index contributed by atoms with van der Waals surface area (Å²) >= 11 is 0. The van der Waals surface area contributed by atoms with Crippen LogP contribution in [0.3, 0.4) is 0 Å². The Balaban J connectivity index is 2.17. The van der Waals surface area contributed by atoms with Gasteiger partial charge in [-0.15, -0.1) is 0 Å². The van der Waals surface area contributed by atoms with E-state index in [1.165, 1.54) is 11.1 Å². The van der Waals surface area contributed by atoms with Crippen LogP contribution in [0.1, 0.15) is 30.6 Å². The average Bonchev–Trinajstić information content (AvgIpc) is 2.55. The van der Waals surface area contributed by atoms with Crippen LogP contribution < -0.4 is 5.32 Å². The third-order valence-corrected chi connectivity index (χ3v) is 3.61. The monoisotopic (exact) mass is 284 g/mol. The van der Waals surface area contributed by atoms with Crippen molar-refractivity contribution < 1.29 is 4.74 Å². The molecule has 1 N–H and O–H groups in total. The van der Waals surface area contributed by atoms with Crippen molar-refractivity contribution in [2.24, 2.45) is 0 Å². The van der Waals surface area contributed by atoms with E-state index in [2.05, 4.69) is 53.6 Å². The van der Waals surface area contributed by atoms with E-state index in [1.54, 1.807) is 7.11 Å². The zero-order chi connectivity index (χ0) is 14.9. The Morgan fingerprint density at radius 1 is 1.10 bits per heavy atom. The van der Waals surface area contributed by atoms with Crippen LogP contribution in [0.25, 0.3) is 0 Å². The van der Waals surface area contributed by atoms with Gasteiger partial charge in [-0.05, 0) is 42.6 Å². The molecule has 2 rings (SSSR count). The van der Waals surface area contributed by atoms with Gasteiger partial charge in [-0.25, -0.2) is 0 Å². The molecule has 0 spiro atoms. The first-order valence-electron chi connectivity index (χ1n) is 7.55. The number of nitrogens with one attached hydrogen (secondary N) is 1. The van der Waals surface area contributed by atoms with Crippen LogP contribution >= 0.6 is 0 Å². The lowest BCUT2D eigenvalue weighted by Gasteiger charge is -2.27. The lowest BCUT2D eigenvalue weighted by atomic mass is 9.96. The highest BCUT2D eigenvalue weighted by molar-refractivity contribution is 5.21. The van der Waals surface area contributed by atoms with E-state index in [4.69, 9.17) is 4.74 Å². The van der Waals surface area contributed by atoms with E-state index in [0.717, 1.165) is 19.4 Å². The second-order valence-electron chi connectivity index (χ2n) is 5.19. The molecular weight excluding hydrogens is 260 g/mol. The van der Waals surface area contributed by atoms with Crippen LogP contribution in [0.4, 0.5) is 0 Å². The van der Waals surface area contributed by atoms with Crippen LogP contribution in [-0.2, 0) is 11.2 Å².